The molecule has 0 amide bonds. The molecule has 1 atom stereocenters. The molecule has 2 aromatic rings. The van der Waals surface area contributed by atoms with Crippen molar-refractivity contribution in [1.29, 1.82) is 0 Å². The van der Waals surface area contributed by atoms with E-state index in [0.717, 1.165) is 31.0 Å². The van der Waals surface area contributed by atoms with Crippen molar-refractivity contribution in [3.63, 3.8) is 0 Å². The molecule has 3 rings (SSSR count). The fourth-order valence-electron chi connectivity index (χ4n) is 3.40. The number of carboxylic acid groups (broad SMARTS) is 1. The van der Waals surface area contributed by atoms with Crippen LogP contribution >= 0.6 is 0 Å². The predicted octanol–water partition coefficient (Wildman–Crippen LogP) is 2.53. The second-order valence-electron chi connectivity index (χ2n) is 5.67. The van der Waals surface area contributed by atoms with Gasteiger partial charge in [0, 0.05) is 12.6 Å². The van der Waals surface area contributed by atoms with Crippen LogP contribution in [0.25, 0.3) is 11.0 Å². The lowest BCUT2D eigenvalue weighted by Crippen LogP contribution is -2.32. The van der Waals surface area contributed by atoms with Gasteiger partial charge in [-0.05, 0) is 45.0 Å². The molecular weight excluding hydrogens is 266 g/mol. The van der Waals surface area contributed by atoms with E-state index in [0.29, 0.717) is 11.6 Å². The summed E-state index contributed by atoms with van der Waals surface area (Å²) in [6.07, 6.45) is 2.44. The standard InChI is InChI=1S/C16H21N3O2/c1-3-18-9-5-6-12(18)10-19-11(2)17-15-13(16(20)21)7-4-8-14(15)19/h4,7-8,12H,3,5-6,9-10H2,1-2H3,(H,20,21). The number of nitrogens with zero attached hydrogens (tertiary/aromatic N) is 3. The Morgan fingerprint density at radius 1 is 1.48 bits per heavy atom. The van der Waals surface area contributed by atoms with Crippen LogP contribution in [-0.2, 0) is 6.54 Å². The lowest BCUT2D eigenvalue weighted by atomic mass is 10.1. The molecule has 2 heterocycles. The molecule has 0 saturated carbocycles. The molecule has 1 unspecified atom stereocenters. The second-order valence-corrected chi connectivity index (χ2v) is 5.67. The lowest BCUT2D eigenvalue weighted by Gasteiger charge is -2.23. The van der Waals surface area contributed by atoms with Crippen LogP contribution < -0.4 is 0 Å². The fourth-order valence-corrected chi connectivity index (χ4v) is 3.40. The van der Waals surface area contributed by atoms with Gasteiger partial charge in [-0.1, -0.05) is 13.0 Å². The first-order valence-corrected chi connectivity index (χ1v) is 7.55. The summed E-state index contributed by atoms with van der Waals surface area (Å²) in [4.78, 5) is 18.3. The molecule has 5 heteroatoms. The monoisotopic (exact) mass is 287 g/mol. The molecule has 1 N–H and O–H groups in total. The van der Waals surface area contributed by atoms with Crippen molar-refractivity contribution in [2.24, 2.45) is 0 Å². The number of rotatable bonds is 4. The summed E-state index contributed by atoms with van der Waals surface area (Å²) in [5.74, 6) is -0.0250. The maximum absolute atomic E-state index is 11.3. The van der Waals surface area contributed by atoms with Crippen LogP contribution in [0.15, 0.2) is 18.2 Å². The normalized spacial score (nSPS) is 19.4. The van der Waals surface area contributed by atoms with E-state index >= 15 is 0 Å². The second kappa shape index (κ2) is 5.48. The van der Waals surface area contributed by atoms with Gasteiger partial charge in [-0.2, -0.15) is 0 Å². The van der Waals surface area contributed by atoms with E-state index in [1.165, 1.54) is 12.8 Å². The molecule has 21 heavy (non-hydrogen) atoms. The Labute approximate surface area is 124 Å². The molecule has 1 saturated heterocycles. The van der Waals surface area contributed by atoms with Gasteiger partial charge in [0.1, 0.15) is 11.3 Å². The number of aryl methyl sites for hydroxylation is 1. The van der Waals surface area contributed by atoms with Crippen LogP contribution in [0.3, 0.4) is 0 Å². The molecule has 1 fully saturated rings. The highest BCUT2D eigenvalue weighted by Gasteiger charge is 2.25. The van der Waals surface area contributed by atoms with Crippen molar-refractivity contribution in [3.8, 4) is 0 Å². The number of likely N-dealkylation sites (N-methyl/N-ethyl adjacent to an activating group) is 1. The van der Waals surface area contributed by atoms with Gasteiger partial charge in [0.2, 0.25) is 0 Å². The van der Waals surface area contributed by atoms with E-state index in [1.54, 1.807) is 12.1 Å². The Morgan fingerprint density at radius 2 is 2.29 bits per heavy atom. The summed E-state index contributed by atoms with van der Waals surface area (Å²) in [6.45, 7) is 7.26. The van der Waals surface area contributed by atoms with Crippen LogP contribution in [0, 0.1) is 6.92 Å². The Hall–Kier alpha value is -1.88. The third-order valence-electron chi connectivity index (χ3n) is 4.50. The molecule has 1 aliphatic heterocycles. The smallest absolute Gasteiger partial charge is 0.337 e. The number of para-hydroxylation sites is 1. The minimum Gasteiger partial charge on any atom is -0.478 e. The molecule has 0 spiro atoms. The third kappa shape index (κ3) is 2.42. The fraction of sp³-hybridized carbons (Fsp3) is 0.500. The maximum Gasteiger partial charge on any atom is 0.337 e. The quantitative estimate of drug-likeness (QED) is 0.938. The number of carbonyl (C=O) groups is 1. The Balaban J connectivity index is 2.01. The van der Waals surface area contributed by atoms with E-state index in [4.69, 9.17) is 0 Å². The summed E-state index contributed by atoms with van der Waals surface area (Å²) < 4.78 is 2.17. The number of fused-ring (bicyclic) bond motifs is 1. The Bertz CT molecular complexity index is 677. The molecule has 1 aromatic heterocycles. The zero-order valence-electron chi connectivity index (χ0n) is 12.5. The average Bonchev–Trinajstić information content (AvgIpc) is 3.03. The zero-order valence-corrected chi connectivity index (χ0v) is 12.5. The molecule has 1 aromatic carbocycles. The van der Waals surface area contributed by atoms with Gasteiger partial charge in [-0.25, -0.2) is 9.78 Å². The van der Waals surface area contributed by atoms with Crippen LogP contribution in [0.5, 0.6) is 0 Å². The van der Waals surface area contributed by atoms with Gasteiger partial charge in [-0.15, -0.1) is 0 Å². The minimum atomic E-state index is -0.915. The number of benzene rings is 1. The number of aromatic carboxylic acids is 1. The largest absolute Gasteiger partial charge is 0.478 e. The van der Waals surface area contributed by atoms with Crippen LogP contribution in [-0.4, -0.2) is 44.7 Å². The summed E-state index contributed by atoms with van der Waals surface area (Å²) in [7, 11) is 0. The van der Waals surface area contributed by atoms with E-state index in [-0.39, 0.29) is 5.56 Å². The van der Waals surface area contributed by atoms with E-state index in [1.807, 2.05) is 13.0 Å². The van der Waals surface area contributed by atoms with Crippen LogP contribution in [0.4, 0.5) is 0 Å². The number of likely N-dealkylation sites (tertiary alicyclic amines) is 1. The first-order valence-electron chi connectivity index (χ1n) is 7.55. The Kier molecular flexibility index (Phi) is 3.68. The topological polar surface area (TPSA) is 58.4 Å². The van der Waals surface area contributed by atoms with Gasteiger partial charge < -0.3 is 9.67 Å². The average molecular weight is 287 g/mol. The third-order valence-corrected chi connectivity index (χ3v) is 4.50. The minimum absolute atomic E-state index is 0.285. The lowest BCUT2D eigenvalue weighted by molar-refractivity contribution is 0.0699. The van der Waals surface area contributed by atoms with Gasteiger partial charge >= 0.3 is 5.97 Å². The molecule has 0 bridgehead atoms. The molecule has 1 aliphatic rings. The summed E-state index contributed by atoms with van der Waals surface area (Å²) in [5, 5.41) is 9.29. The van der Waals surface area contributed by atoms with Gasteiger partial charge in [0.05, 0.1) is 11.1 Å². The summed E-state index contributed by atoms with van der Waals surface area (Å²) in [6, 6.07) is 5.91. The Morgan fingerprint density at radius 3 is 3.00 bits per heavy atom. The van der Waals surface area contributed by atoms with Crippen molar-refractivity contribution in [3.05, 3.63) is 29.6 Å². The van der Waals surface area contributed by atoms with Crippen molar-refractivity contribution >= 4 is 17.0 Å². The SMILES string of the molecule is CCN1CCCC1Cn1c(C)nc2c(C(=O)O)cccc21. The highest BCUT2D eigenvalue weighted by atomic mass is 16.4. The van der Waals surface area contributed by atoms with Crippen molar-refractivity contribution < 1.29 is 9.90 Å². The predicted molar refractivity (Wildman–Crippen MR) is 81.7 cm³/mol. The van der Waals surface area contributed by atoms with Crippen LogP contribution in [0.1, 0.15) is 35.9 Å². The molecular formula is C16H21N3O2. The maximum atomic E-state index is 11.3. The zero-order chi connectivity index (χ0) is 15.0. The van der Waals surface area contributed by atoms with Gasteiger partial charge in [0.15, 0.2) is 0 Å². The number of carboxylic acids is 1. The first kappa shape index (κ1) is 14.1. The molecule has 5 nitrogen and oxygen atoms in total. The van der Waals surface area contributed by atoms with Gasteiger partial charge in [-0.3, -0.25) is 4.90 Å². The molecule has 112 valence electrons. The van der Waals surface area contributed by atoms with E-state index in [9.17, 15) is 9.90 Å². The van der Waals surface area contributed by atoms with E-state index in [2.05, 4.69) is 21.4 Å². The number of imidazole rings is 1. The van der Waals surface area contributed by atoms with Crippen LogP contribution in [0.2, 0.25) is 0 Å². The summed E-state index contributed by atoms with van der Waals surface area (Å²) >= 11 is 0. The number of hydrogen-bond donors (Lipinski definition) is 1. The molecule has 0 aliphatic carbocycles. The molecule has 0 radical (unpaired) electrons. The van der Waals surface area contributed by atoms with E-state index < -0.39 is 5.97 Å². The van der Waals surface area contributed by atoms with Crippen molar-refractivity contribution in [2.75, 3.05) is 13.1 Å². The van der Waals surface area contributed by atoms with Crippen molar-refractivity contribution in [1.82, 2.24) is 14.5 Å². The highest BCUT2D eigenvalue weighted by molar-refractivity contribution is 6.01. The number of hydrogen-bond acceptors (Lipinski definition) is 3. The van der Waals surface area contributed by atoms with Crippen molar-refractivity contribution in [2.45, 2.75) is 39.3 Å². The van der Waals surface area contributed by atoms with Gasteiger partial charge in [0.25, 0.3) is 0 Å². The first-order chi connectivity index (χ1) is 10.1. The highest BCUT2D eigenvalue weighted by Crippen LogP contribution is 2.24. The number of aromatic nitrogens is 2. The summed E-state index contributed by atoms with van der Waals surface area (Å²) in [5.41, 5.74) is 1.81.